The van der Waals surface area contributed by atoms with Gasteiger partial charge < -0.3 is 5.32 Å². The standard InChI is InChI=1S/C15H24N2O2S2/c1-2-16-9-13-4-3-5-14(8-13)12-21(18,19)17-10-15-6-7-20-11-15/h3-5,8,15-17H,2,6-7,9-12H2,1H3. The Morgan fingerprint density at radius 2 is 2.14 bits per heavy atom. The van der Waals surface area contributed by atoms with Gasteiger partial charge in [-0.3, -0.25) is 0 Å². The molecule has 0 aliphatic carbocycles. The summed E-state index contributed by atoms with van der Waals surface area (Å²) in [5, 5.41) is 3.25. The summed E-state index contributed by atoms with van der Waals surface area (Å²) in [6.07, 6.45) is 1.12. The van der Waals surface area contributed by atoms with E-state index in [9.17, 15) is 8.42 Å². The number of hydrogen-bond acceptors (Lipinski definition) is 4. The van der Waals surface area contributed by atoms with E-state index in [1.807, 2.05) is 36.0 Å². The molecule has 118 valence electrons. The lowest BCUT2D eigenvalue weighted by Gasteiger charge is -2.11. The van der Waals surface area contributed by atoms with Crippen LogP contribution in [-0.2, 0) is 22.3 Å². The highest BCUT2D eigenvalue weighted by atomic mass is 32.2. The molecule has 1 aromatic carbocycles. The third-order valence-corrected chi connectivity index (χ3v) is 6.09. The quantitative estimate of drug-likeness (QED) is 0.766. The van der Waals surface area contributed by atoms with E-state index >= 15 is 0 Å². The van der Waals surface area contributed by atoms with E-state index in [0.29, 0.717) is 12.5 Å². The molecule has 1 heterocycles. The van der Waals surface area contributed by atoms with Crippen LogP contribution in [-0.4, -0.2) is 33.0 Å². The van der Waals surface area contributed by atoms with Gasteiger partial charge in [-0.25, -0.2) is 13.1 Å². The predicted molar refractivity (Wildman–Crippen MR) is 89.9 cm³/mol. The molecule has 2 N–H and O–H groups in total. The molecule has 0 bridgehead atoms. The Morgan fingerprint density at radius 1 is 1.33 bits per heavy atom. The second kappa shape index (κ2) is 8.17. The van der Waals surface area contributed by atoms with Gasteiger partial charge in [0.15, 0.2) is 0 Å². The van der Waals surface area contributed by atoms with Gasteiger partial charge in [-0.05, 0) is 41.5 Å². The van der Waals surface area contributed by atoms with Crippen LogP contribution in [0.5, 0.6) is 0 Å². The summed E-state index contributed by atoms with van der Waals surface area (Å²) in [5.41, 5.74) is 1.97. The highest BCUT2D eigenvalue weighted by molar-refractivity contribution is 7.99. The first-order valence-corrected chi connectivity index (χ1v) is 10.2. The van der Waals surface area contributed by atoms with Crippen LogP contribution >= 0.6 is 11.8 Å². The average molecular weight is 329 g/mol. The van der Waals surface area contributed by atoms with Crippen LogP contribution in [0.1, 0.15) is 24.5 Å². The Hall–Kier alpha value is -0.560. The van der Waals surface area contributed by atoms with Crippen molar-refractivity contribution in [3.63, 3.8) is 0 Å². The molecule has 21 heavy (non-hydrogen) atoms. The molecule has 4 nitrogen and oxygen atoms in total. The minimum Gasteiger partial charge on any atom is -0.313 e. The van der Waals surface area contributed by atoms with Gasteiger partial charge in [0.05, 0.1) is 5.75 Å². The van der Waals surface area contributed by atoms with E-state index in [4.69, 9.17) is 0 Å². The first kappa shape index (κ1) is 16.8. The lowest BCUT2D eigenvalue weighted by atomic mass is 10.1. The van der Waals surface area contributed by atoms with Gasteiger partial charge in [-0.1, -0.05) is 31.2 Å². The zero-order chi connectivity index (χ0) is 15.1. The molecule has 1 aliphatic rings. The van der Waals surface area contributed by atoms with Crippen molar-refractivity contribution in [1.82, 2.24) is 10.0 Å². The maximum absolute atomic E-state index is 12.1. The van der Waals surface area contributed by atoms with Crippen molar-refractivity contribution >= 4 is 21.8 Å². The molecule has 0 spiro atoms. The maximum atomic E-state index is 12.1. The van der Waals surface area contributed by atoms with E-state index in [1.54, 1.807) is 0 Å². The van der Waals surface area contributed by atoms with Crippen molar-refractivity contribution in [1.29, 1.82) is 0 Å². The van der Waals surface area contributed by atoms with E-state index < -0.39 is 10.0 Å². The van der Waals surface area contributed by atoms with E-state index in [2.05, 4.69) is 17.0 Å². The van der Waals surface area contributed by atoms with Gasteiger partial charge >= 0.3 is 0 Å². The maximum Gasteiger partial charge on any atom is 0.215 e. The minimum absolute atomic E-state index is 0.0623. The highest BCUT2D eigenvalue weighted by Crippen LogP contribution is 2.22. The summed E-state index contributed by atoms with van der Waals surface area (Å²) in [4.78, 5) is 0. The average Bonchev–Trinajstić information content (AvgIpc) is 2.96. The summed E-state index contributed by atoms with van der Waals surface area (Å²) in [7, 11) is -3.24. The summed E-state index contributed by atoms with van der Waals surface area (Å²) in [6, 6.07) is 7.78. The molecule has 1 atom stereocenters. The van der Waals surface area contributed by atoms with Crippen molar-refractivity contribution in [3.05, 3.63) is 35.4 Å². The topological polar surface area (TPSA) is 58.2 Å². The summed E-state index contributed by atoms with van der Waals surface area (Å²) in [5.74, 6) is 2.77. The SMILES string of the molecule is CCNCc1cccc(CS(=O)(=O)NCC2CCSC2)c1. The number of benzene rings is 1. The molecule has 1 fully saturated rings. The van der Waals surface area contributed by atoms with Crippen LogP contribution in [0.3, 0.4) is 0 Å². The lowest BCUT2D eigenvalue weighted by Crippen LogP contribution is -2.30. The monoisotopic (exact) mass is 328 g/mol. The Bertz CT molecular complexity index is 540. The molecule has 2 rings (SSSR count). The van der Waals surface area contributed by atoms with Gasteiger partial charge in [0.1, 0.15) is 0 Å². The Kier molecular flexibility index (Phi) is 6.54. The molecule has 1 aliphatic heterocycles. The molecule has 0 aromatic heterocycles. The van der Waals surface area contributed by atoms with Crippen LogP contribution in [0.4, 0.5) is 0 Å². The van der Waals surface area contributed by atoms with Gasteiger partial charge in [0.25, 0.3) is 0 Å². The van der Waals surface area contributed by atoms with E-state index in [-0.39, 0.29) is 5.75 Å². The van der Waals surface area contributed by atoms with Crippen molar-refractivity contribution in [2.75, 3.05) is 24.6 Å². The van der Waals surface area contributed by atoms with Crippen LogP contribution in [0.25, 0.3) is 0 Å². The number of thioether (sulfide) groups is 1. The largest absolute Gasteiger partial charge is 0.313 e. The second-order valence-corrected chi connectivity index (χ2v) is 8.39. The van der Waals surface area contributed by atoms with Crippen LogP contribution in [0.2, 0.25) is 0 Å². The van der Waals surface area contributed by atoms with Gasteiger partial charge in [-0.2, -0.15) is 11.8 Å². The molecular formula is C15H24N2O2S2. The van der Waals surface area contributed by atoms with Crippen molar-refractivity contribution in [2.24, 2.45) is 5.92 Å². The molecule has 1 aromatic rings. The first-order chi connectivity index (χ1) is 10.1. The number of sulfonamides is 1. The van der Waals surface area contributed by atoms with E-state index in [0.717, 1.165) is 42.1 Å². The lowest BCUT2D eigenvalue weighted by molar-refractivity contribution is 0.545. The zero-order valence-corrected chi connectivity index (χ0v) is 14.1. The minimum atomic E-state index is -3.24. The fourth-order valence-electron chi connectivity index (χ4n) is 2.36. The Balaban J connectivity index is 1.89. The number of nitrogens with one attached hydrogen (secondary N) is 2. The van der Waals surface area contributed by atoms with Crippen molar-refractivity contribution < 1.29 is 8.42 Å². The van der Waals surface area contributed by atoms with Crippen molar-refractivity contribution in [2.45, 2.75) is 25.6 Å². The van der Waals surface area contributed by atoms with Gasteiger partial charge in [0.2, 0.25) is 10.0 Å². The molecule has 0 radical (unpaired) electrons. The Morgan fingerprint density at radius 3 is 2.86 bits per heavy atom. The number of hydrogen-bond donors (Lipinski definition) is 2. The normalized spacial score (nSPS) is 19.0. The second-order valence-electron chi connectivity index (χ2n) is 5.44. The van der Waals surface area contributed by atoms with Gasteiger partial charge in [0, 0.05) is 13.1 Å². The zero-order valence-electron chi connectivity index (χ0n) is 12.5. The number of rotatable bonds is 8. The first-order valence-electron chi connectivity index (χ1n) is 7.42. The van der Waals surface area contributed by atoms with Crippen LogP contribution in [0, 0.1) is 5.92 Å². The van der Waals surface area contributed by atoms with Crippen LogP contribution in [0.15, 0.2) is 24.3 Å². The smallest absolute Gasteiger partial charge is 0.215 e. The fourth-order valence-corrected chi connectivity index (χ4v) is 4.85. The highest BCUT2D eigenvalue weighted by Gasteiger charge is 2.19. The Labute approximate surface area is 132 Å². The summed E-state index contributed by atoms with van der Waals surface area (Å²) < 4.78 is 27.1. The van der Waals surface area contributed by atoms with Gasteiger partial charge in [-0.15, -0.1) is 0 Å². The summed E-state index contributed by atoms with van der Waals surface area (Å²) in [6.45, 7) is 4.31. The summed E-state index contributed by atoms with van der Waals surface area (Å²) >= 11 is 1.90. The third kappa shape index (κ3) is 5.98. The molecule has 1 saturated heterocycles. The third-order valence-electron chi connectivity index (χ3n) is 3.54. The molecule has 0 amide bonds. The molecular weight excluding hydrogens is 304 g/mol. The van der Waals surface area contributed by atoms with Crippen molar-refractivity contribution in [3.8, 4) is 0 Å². The molecule has 0 saturated carbocycles. The predicted octanol–water partition coefficient (Wildman–Crippen LogP) is 1.97. The molecule has 6 heteroatoms. The van der Waals surface area contributed by atoms with Crippen LogP contribution < -0.4 is 10.0 Å². The van der Waals surface area contributed by atoms with E-state index in [1.165, 1.54) is 0 Å². The molecule has 1 unspecified atom stereocenters. The fraction of sp³-hybridized carbons (Fsp3) is 0.600.